The SMILES string of the molecule is CCN1C(=O)Cc2cc(Nc3nc(N4CCC(Nc5ccc6c([C@@H]7CCC(=O)NC7=O)nn(C)c6c5)CC4)ncc3Cl)ccc21. The topological polar surface area (TPSA) is 137 Å². The molecule has 232 valence electrons. The van der Waals surface area contributed by atoms with Crippen LogP contribution in [0.15, 0.2) is 42.6 Å². The molecule has 2 aromatic carbocycles. The molecule has 45 heavy (non-hydrogen) atoms. The summed E-state index contributed by atoms with van der Waals surface area (Å²) in [5, 5.41) is 15.4. The van der Waals surface area contributed by atoms with Crippen LogP contribution in [0.5, 0.6) is 0 Å². The zero-order chi connectivity index (χ0) is 31.2. The van der Waals surface area contributed by atoms with E-state index in [0.29, 0.717) is 48.3 Å². The molecule has 3 aliphatic rings. The summed E-state index contributed by atoms with van der Waals surface area (Å²) < 4.78 is 1.80. The molecule has 3 amide bonds. The van der Waals surface area contributed by atoms with Crippen LogP contribution in [0.3, 0.4) is 0 Å². The lowest BCUT2D eigenvalue weighted by atomic mass is 9.93. The molecule has 0 aliphatic carbocycles. The zero-order valence-electron chi connectivity index (χ0n) is 25.1. The molecule has 0 bridgehead atoms. The molecule has 5 heterocycles. The van der Waals surface area contributed by atoms with Gasteiger partial charge in [0.1, 0.15) is 5.02 Å². The van der Waals surface area contributed by atoms with E-state index in [1.54, 1.807) is 15.8 Å². The summed E-state index contributed by atoms with van der Waals surface area (Å²) in [5.41, 5.74) is 5.41. The van der Waals surface area contributed by atoms with Crippen molar-refractivity contribution in [3.8, 4) is 0 Å². The molecule has 2 aromatic heterocycles. The Kier molecular flexibility index (Phi) is 7.52. The number of nitrogens with zero attached hydrogens (tertiary/aromatic N) is 6. The Bertz CT molecular complexity index is 1830. The van der Waals surface area contributed by atoms with Gasteiger partial charge < -0.3 is 20.4 Å². The molecule has 2 saturated heterocycles. The lowest BCUT2D eigenvalue weighted by Crippen LogP contribution is -2.40. The van der Waals surface area contributed by atoms with Gasteiger partial charge in [-0.1, -0.05) is 11.6 Å². The van der Waals surface area contributed by atoms with E-state index in [1.165, 1.54) is 0 Å². The number of imide groups is 1. The van der Waals surface area contributed by atoms with E-state index in [9.17, 15) is 14.4 Å². The molecule has 2 fully saturated rings. The molecule has 12 nitrogen and oxygen atoms in total. The number of aromatic nitrogens is 4. The molecule has 0 unspecified atom stereocenters. The fourth-order valence-electron chi connectivity index (χ4n) is 6.59. The predicted molar refractivity (Wildman–Crippen MR) is 173 cm³/mol. The van der Waals surface area contributed by atoms with E-state index < -0.39 is 5.92 Å². The van der Waals surface area contributed by atoms with Crippen LogP contribution in [0.25, 0.3) is 10.9 Å². The second kappa shape index (κ2) is 11.7. The van der Waals surface area contributed by atoms with Gasteiger partial charge >= 0.3 is 0 Å². The van der Waals surface area contributed by atoms with E-state index in [-0.39, 0.29) is 23.8 Å². The summed E-state index contributed by atoms with van der Waals surface area (Å²) >= 11 is 6.48. The highest BCUT2D eigenvalue weighted by atomic mass is 35.5. The Balaban J connectivity index is 0.996. The summed E-state index contributed by atoms with van der Waals surface area (Å²) in [7, 11) is 1.88. The Labute approximate surface area is 265 Å². The number of rotatable bonds is 7. The fourth-order valence-corrected chi connectivity index (χ4v) is 6.73. The number of fused-ring (bicyclic) bond motifs is 2. The molecule has 3 aliphatic heterocycles. The third-order valence-electron chi connectivity index (χ3n) is 8.92. The number of piperidine rings is 2. The number of carbonyl (C=O) groups excluding carboxylic acids is 3. The van der Waals surface area contributed by atoms with Crippen molar-refractivity contribution in [2.75, 3.05) is 40.1 Å². The zero-order valence-corrected chi connectivity index (χ0v) is 25.9. The average molecular weight is 628 g/mol. The first kappa shape index (κ1) is 29.0. The smallest absolute Gasteiger partial charge is 0.235 e. The third kappa shape index (κ3) is 5.54. The first-order valence-corrected chi connectivity index (χ1v) is 15.7. The Morgan fingerprint density at radius 1 is 1.04 bits per heavy atom. The molecule has 1 atom stereocenters. The van der Waals surface area contributed by atoms with Crippen LogP contribution in [-0.2, 0) is 27.9 Å². The maximum absolute atomic E-state index is 12.5. The second-order valence-electron chi connectivity index (χ2n) is 11.8. The van der Waals surface area contributed by atoms with Gasteiger partial charge in [-0.15, -0.1) is 0 Å². The largest absolute Gasteiger partial charge is 0.382 e. The predicted octanol–water partition coefficient (Wildman–Crippen LogP) is 4.27. The van der Waals surface area contributed by atoms with Gasteiger partial charge in [0, 0.05) is 61.6 Å². The highest BCUT2D eigenvalue weighted by Crippen LogP contribution is 2.34. The van der Waals surface area contributed by atoms with Crippen molar-refractivity contribution >= 4 is 69.1 Å². The van der Waals surface area contributed by atoms with Crippen LogP contribution in [0.4, 0.5) is 28.8 Å². The standard InChI is InChI=1S/C32H34ClN9O3/c1-3-42-25-8-5-20(14-18(25)15-28(42)44)36-30-24(33)17-34-32(38-30)41-12-10-19(11-13-41)35-21-4-6-22-26(16-21)40(2)39-29(22)23-7-9-27(43)37-31(23)45/h4-6,8,14,16-17,19,23,35H,3,7,9-13,15H2,1-2H3,(H,34,36,38)(H,37,43,45)/t23-/m0/s1. The van der Waals surface area contributed by atoms with Crippen LogP contribution < -0.4 is 25.8 Å². The third-order valence-corrected chi connectivity index (χ3v) is 9.20. The van der Waals surface area contributed by atoms with E-state index in [1.807, 2.05) is 44.3 Å². The van der Waals surface area contributed by atoms with Gasteiger partial charge in [0.05, 0.1) is 29.7 Å². The number of hydrogen-bond donors (Lipinski definition) is 3. The number of likely N-dealkylation sites (N-methyl/N-ethyl adjacent to an activating group) is 1. The first-order chi connectivity index (χ1) is 21.8. The van der Waals surface area contributed by atoms with Crippen molar-refractivity contribution in [2.45, 2.75) is 51.0 Å². The van der Waals surface area contributed by atoms with Crippen molar-refractivity contribution < 1.29 is 14.4 Å². The minimum atomic E-state index is -0.425. The van der Waals surface area contributed by atoms with Crippen LogP contribution in [0.2, 0.25) is 5.02 Å². The number of aryl methyl sites for hydroxylation is 1. The maximum Gasteiger partial charge on any atom is 0.235 e. The van der Waals surface area contributed by atoms with Gasteiger partial charge in [-0.25, -0.2) is 4.98 Å². The van der Waals surface area contributed by atoms with Crippen molar-refractivity contribution in [2.24, 2.45) is 7.05 Å². The number of halogens is 1. The molecular weight excluding hydrogens is 594 g/mol. The highest BCUT2D eigenvalue weighted by Gasteiger charge is 2.32. The lowest BCUT2D eigenvalue weighted by Gasteiger charge is -2.33. The quantitative estimate of drug-likeness (QED) is 0.257. The molecule has 4 aromatic rings. The summed E-state index contributed by atoms with van der Waals surface area (Å²) in [6.45, 7) is 4.18. The van der Waals surface area contributed by atoms with Gasteiger partial charge in [-0.3, -0.25) is 24.4 Å². The monoisotopic (exact) mass is 627 g/mol. The van der Waals surface area contributed by atoms with Crippen molar-refractivity contribution in [1.29, 1.82) is 0 Å². The number of hydrogen-bond acceptors (Lipinski definition) is 9. The molecule has 0 spiro atoms. The van der Waals surface area contributed by atoms with E-state index >= 15 is 0 Å². The number of carbonyl (C=O) groups is 3. The Morgan fingerprint density at radius 3 is 2.62 bits per heavy atom. The number of amides is 3. The number of nitrogens with one attached hydrogen (secondary N) is 3. The summed E-state index contributed by atoms with van der Waals surface area (Å²) in [4.78, 5) is 49.6. The maximum atomic E-state index is 12.5. The van der Waals surface area contributed by atoms with Gasteiger partial charge in [-0.2, -0.15) is 10.1 Å². The van der Waals surface area contributed by atoms with E-state index in [2.05, 4.69) is 37.0 Å². The van der Waals surface area contributed by atoms with Gasteiger partial charge in [0.2, 0.25) is 23.7 Å². The van der Waals surface area contributed by atoms with Gasteiger partial charge in [0.25, 0.3) is 0 Å². The normalized spacial score (nSPS) is 18.8. The molecule has 3 N–H and O–H groups in total. The van der Waals surface area contributed by atoms with Crippen LogP contribution in [0.1, 0.15) is 49.8 Å². The molecule has 0 radical (unpaired) electrons. The number of benzene rings is 2. The minimum Gasteiger partial charge on any atom is -0.382 e. The van der Waals surface area contributed by atoms with Crippen LogP contribution >= 0.6 is 11.6 Å². The van der Waals surface area contributed by atoms with Crippen molar-refractivity contribution in [3.05, 3.63) is 58.9 Å². The first-order valence-electron chi connectivity index (χ1n) is 15.3. The van der Waals surface area contributed by atoms with Gasteiger partial charge in [-0.05, 0) is 68.1 Å². The summed E-state index contributed by atoms with van der Waals surface area (Å²) in [6.07, 6.45) is 4.60. The lowest BCUT2D eigenvalue weighted by molar-refractivity contribution is -0.134. The molecular formula is C32H34ClN9O3. The molecule has 13 heteroatoms. The van der Waals surface area contributed by atoms with Crippen molar-refractivity contribution in [3.63, 3.8) is 0 Å². The van der Waals surface area contributed by atoms with Crippen molar-refractivity contribution in [1.82, 2.24) is 25.1 Å². The molecule has 7 rings (SSSR count). The average Bonchev–Trinajstić information content (AvgIpc) is 3.53. The van der Waals surface area contributed by atoms with E-state index in [0.717, 1.165) is 59.5 Å². The number of anilines is 5. The minimum absolute atomic E-state index is 0.112. The highest BCUT2D eigenvalue weighted by molar-refractivity contribution is 6.32. The van der Waals surface area contributed by atoms with Gasteiger partial charge in [0.15, 0.2) is 5.82 Å². The summed E-state index contributed by atoms with van der Waals surface area (Å²) in [5.74, 6) is 0.322. The Morgan fingerprint density at radius 2 is 1.84 bits per heavy atom. The second-order valence-corrected chi connectivity index (χ2v) is 12.2. The van der Waals surface area contributed by atoms with E-state index in [4.69, 9.17) is 16.6 Å². The Hall–Kier alpha value is -4.71. The summed E-state index contributed by atoms with van der Waals surface area (Å²) in [6, 6.07) is 12.3. The van der Waals surface area contributed by atoms with Crippen LogP contribution in [-0.4, -0.2) is 63.1 Å². The van der Waals surface area contributed by atoms with Crippen LogP contribution in [0, 0.1) is 0 Å². The molecule has 0 saturated carbocycles. The fraction of sp³-hybridized carbons (Fsp3) is 0.375.